The van der Waals surface area contributed by atoms with E-state index in [1.807, 2.05) is 0 Å². The van der Waals surface area contributed by atoms with Crippen LogP contribution >= 0.6 is 23.5 Å². The third-order valence-corrected chi connectivity index (χ3v) is 26.9. The highest BCUT2D eigenvalue weighted by molar-refractivity contribution is 8.02. The number of aliphatic carboxylic acids is 2. The topological polar surface area (TPSA) is 503 Å². The second kappa shape index (κ2) is 49.9. The van der Waals surface area contributed by atoms with Gasteiger partial charge in [0.25, 0.3) is 0 Å². The lowest BCUT2D eigenvalue weighted by atomic mass is 10.0. The molecule has 2 aliphatic heterocycles. The Kier molecular flexibility index (Phi) is 39.5. The number of thioether (sulfide) groups is 2. The summed E-state index contributed by atoms with van der Waals surface area (Å²) in [5, 5.41) is 36.7. The Morgan fingerprint density at radius 1 is 0.438 bits per heavy atom. The number of carboxylic acids is 2. The molecule has 4 atom stereocenters. The van der Waals surface area contributed by atoms with Crippen molar-refractivity contribution in [2.45, 2.75) is 137 Å². The SMILES string of the molecule is C.CC1(C)SCN(S(=O)(=O)c2cccnc2)[C@@H]1C(=O)N[C@@H](Cc1ccc(-n2c(=O)n(CC(=O)NCCOCCOCCC(=O)NCCCOCCOCCCOCCOCCCNC(=O)CCOCCOCCNC(=O)Cn3c(=O)n(-c4ccc(C[C@H](NC(=O)[C@H]5N(S(=O)(=O)c6cccnc6)CSC5(C)C)C(=O)O)cc4)c4ncccc43)c3cccnc32)cc1)C(=O)O. The second-order valence-corrected chi connectivity index (χ2v) is 37.2. The average molecular weight is 1860 g/mol. The molecule has 0 spiro atoms. The fourth-order valence-corrected chi connectivity index (χ4v) is 20.0. The summed E-state index contributed by atoms with van der Waals surface area (Å²) in [6.45, 7) is 12.4. The zero-order valence-electron chi connectivity index (χ0n) is 70.9. The number of pyridine rings is 4. The summed E-state index contributed by atoms with van der Waals surface area (Å²) in [4.78, 5) is 148. The maximum absolute atomic E-state index is 13.9. The Labute approximate surface area is 749 Å². The van der Waals surface area contributed by atoms with E-state index in [0.29, 0.717) is 119 Å². The van der Waals surface area contributed by atoms with Crippen molar-refractivity contribution in [3.05, 3.63) is 166 Å². The number of rotatable bonds is 56. The first-order chi connectivity index (χ1) is 61.1. The lowest BCUT2D eigenvalue weighted by Gasteiger charge is -2.30. The lowest BCUT2D eigenvalue weighted by molar-refractivity contribution is -0.142. The maximum Gasteiger partial charge on any atom is 0.335 e. The van der Waals surface area contributed by atoms with Crippen molar-refractivity contribution in [1.82, 2.24) is 78.7 Å². The summed E-state index contributed by atoms with van der Waals surface area (Å²) in [6.07, 6.45) is 10.1. The van der Waals surface area contributed by atoms with Crippen LogP contribution in [0.5, 0.6) is 0 Å². The van der Waals surface area contributed by atoms with Crippen LogP contribution in [0, 0.1) is 0 Å². The fourth-order valence-electron chi connectivity index (χ4n) is 13.7. The van der Waals surface area contributed by atoms with Gasteiger partial charge in [-0.15, -0.1) is 23.5 Å². The van der Waals surface area contributed by atoms with Gasteiger partial charge >= 0.3 is 23.3 Å². The Balaban J connectivity index is 0.0000185. The van der Waals surface area contributed by atoms with E-state index in [1.54, 1.807) is 100 Å². The van der Waals surface area contributed by atoms with E-state index in [-0.39, 0.29) is 157 Å². The highest BCUT2D eigenvalue weighted by Crippen LogP contribution is 2.44. The first-order valence-electron chi connectivity index (χ1n) is 41.2. The van der Waals surface area contributed by atoms with Crippen LogP contribution in [0.3, 0.4) is 0 Å². The lowest BCUT2D eigenvalue weighted by Crippen LogP contribution is -2.56. The zero-order chi connectivity index (χ0) is 90.9. The Morgan fingerprint density at radius 3 is 1.12 bits per heavy atom. The molecule has 8 N–H and O–H groups in total. The Hall–Kier alpha value is -10.5. The van der Waals surface area contributed by atoms with E-state index in [0.717, 1.165) is 8.61 Å². The molecular weight excluding hydrogens is 1750 g/mol. The second-order valence-electron chi connectivity index (χ2n) is 30.2. The number of fused-ring (bicyclic) bond motifs is 2. The molecule has 0 unspecified atom stereocenters. The van der Waals surface area contributed by atoms with Crippen molar-refractivity contribution in [2.75, 3.05) is 144 Å². The molecule has 2 saturated heterocycles. The van der Waals surface area contributed by atoms with Crippen molar-refractivity contribution in [1.29, 1.82) is 0 Å². The molecule has 0 aliphatic carbocycles. The van der Waals surface area contributed by atoms with E-state index < -0.39 is 101 Å². The minimum atomic E-state index is -4.16. The normalized spacial score (nSPS) is 15.6. The van der Waals surface area contributed by atoms with E-state index in [1.165, 1.54) is 103 Å². The van der Waals surface area contributed by atoms with Crippen molar-refractivity contribution in [3.63, 3.8) is 0 Å². The highest BCUT2D eigenvalue weighted by Gasteiger charge is 2.53. The molecule has 6 amide bonds. The van der Waals surface area contributed by atoms with Gasteiger partial charge in [-0.25, -0.2) is 55.1 Å². The average Bonchev–Trinajstić information content (AvgIpc) is 1.67. The van der Waals surface area contributed by atoms with Crippen LogP contribution in [-0.2, 0) is 122 Å². The largest absolute Gasteiger partial charge is 0.480 e. The van der Waals surface area contributed by atoms with Crippen LogP contribution in [0.25, 0.3) is 33.7 Å². The predicted octanol–water partition coefficient (Wildman–Crippen LogP) is 2.67. The van der Waals surface area contributed by atoms with Crippen LogP contribution in [0.1, 0.15) is 78.4 Å². The number of amides is 6. The summed E-state index contributed by atoms with van der Waals surface area (Å²) in [6, 6.07) is 19.7. The number of nitrogens with zero attached hydrogens (tertiary/aromatic N) is 10. The summed E-state index contributed by atoms with van der Waals surface area (Å²) in [5.41, 5.74) is 1.96. The number of carbonyl (C=O) groups is 8. The van der Waals surface area contributed by atoms with Crippen molar-refractivity contribution in [3.8, 4) is 11.4 Å². The molecule has 8 heterocycles. The van der Waals surface area contributed by atoms with Crippen molar-refractivity contribution >= 4 is 113 Å². The van der Waals surface area contributed by atoms with Crippen LogP contribution in [0.2, 0.25) is 0 Å². The summed E-state index contributed by atoms with van der Waals surface area (Å²) < 4.78 is 105. The van der Waals surface area contributed by atoms with Crippen LogP contribution in [0.15, 0.2) is 154 Å². The first-order valence-corrected chi connectivity index (χ1v) is 46.1. The van der Waals surface area contributed by atoms with Crippen molar-refractivity contribution in [2.24, 2.45) is 0 Å². The fraction of sp³-hybridized carbons (Fsp3) is 0.500. The number of ether oxygens (including phenoxy) is 8. The number of hydrogen-bond donors (Lipinski definition) is 8. The van der Waals surface area contributed by atoms with E-state index in [4.69, 9.17) is 37.9 Å². The van der Waals surface area contributed by atoms with E-state index >= 15 is 0 Å². The van der Waals surface area contributed by atoms with Crippen LogP contribution in [0.4, 0.5) is 0 Å². The quantitative estimate of drug-likeness (QED) is 0.0254. The summed E-state index contributed by atoms with van der Waals surface area (Å²) in [7, 11) is -8.32. The molecule has 0 saturated carbocycles. The number of carboxylic acid groups (broad SMARTS) is 2. The monoisotopic (exact) mass is 1860 g/mol. The number of hydrogen-bond acceptors (Lipinski definition) is 28. The molecule has 2 aromatic carbocycles. The molecule has 0 radical (unpaired) electrons. The molecule has 0 bridgehead atoms. The van der Waals surface area contributed by atoms with Gasteiger partial charge in [-0.1, -0.05) is 31.7 Å². The molecule has 44 heteroatoms. The standard InChI is InChI=1S/C83H108N16O24S4.CH4/c1-82(2)72(96(56-124-82)126(112,113)62-12-5-26-84-52-62)76(104)92-64(78(106)107)50-58-16-20-60(21-17-58)98-74-66(14-7-28-90-74)94(80(98)110)54-70(102)88-32-40-122-48-46-120-38-24-68(100)86-30-9-34-116-42-44-118-36-11-37-119-45-43-117-35-10-31-87-69(101)25-39-121-47-49-123-41-33-89-71(103)55-95-67-15-8-29-91-75(67)99(81(95)111)61-22-18-59(19-23-61)51-65(79(108)109)93-77(105)73-83(3,4)125-57-97(73)127(114,115)63-13-6-27-85-53-63;/h5-8,12-23,26-29,52-53,64-65,72-73H,9-11,24-25,30-51,54-57H2,1-4H3,(H,86,100)(H,87,101)(H,88,102)(H,89,103)(H,92,104)(H,93,105)(H,106,107)(H,108,109);1H4/t64-,65-,72+,73+;/m0./s1. The van der Waals surface area contributed by atoms with Gasteiger partial charge in [-0.2, -0.15) is 8.61 Å². The number of nitrogens with one attached hydrogen (secondary N) is 6. The number of benzene rings is 2. The minimum Gasteiger partial charge on any atom is -0.480 e. The number of carbonyl (C=O) groups excluding carboxylic acids is 6. The molecule has 8 aromatic rings. The molecular formula is C84H112N16O24S4. The molecule has 6 aromatic heterocycles. The highest BCUT2D eigenvalue weighted by atomic mass is 32.2. The predicted molar refractivity (Wildman–Crippen MR) is 473 cm³/mol. The van der Waals surface area contributed by atoms with Crippen molar-refractivity contribution < 1.29 is 103 Å². The zero-order valence-corrected chi connectivity index (χ0v) is 74.2. The molecule has 2 aliphatic rings. The molecule has 2 fully saturated rings. The molecule has 128 heavy (non-hydrogen) atoms. The molecule has 696 valence electrons. The van der Waals surface area contributed by atoms with Crippen LogP contribution in [-0.4, -0.2) is 299 Å². The number of imidazole rings is 2. The number of aromatic nitrogens is 8. The van der Waals surface area contributed by atoms with E-state index in [9.17, 15) is 75.0 Å². The number of sulfonamides is 2. The van der Waals surface area contributed by atoms with Gasteiger partial charge in [0.05, 0.1) is 113 Å². The van der Waals surface area contributed by atoms with Gasteiger partial charge in [0.1, 0.15) is 47.0 Å². The summed E-state index contributed by atoms with van der Waals surface area (Å²) in [5.74, 6) is -5.53. The Morgan fingerprint density at radius 2 is 0.773 bits per heavy atom. The van der Waals surface area contributed by atoms with E-state index in [2.05, 4.69) is 51.8 Å². The van der Waals surface area contributed by atoms with Gasteiger partial charge in [0.2, 0.25) is 55.5 Å². The summed E-state index contributed by atoms with van der Waals surface area (Å²) >= 11 is 2.50. The van der Waals surface area contributed by atoms with Gasteiger partial charge in [0.15, 0.2) is 11.3 Å². The Bertz CT molecular complexity index is 5030. The molecule has 40 nitrogen and oxygen atoms in total. The maximum atomic E-state index is 13.9. The third-order valence-electron chi connectivity index (χ3n) is 20.2. The smallest absolute Gasteiger partial charge is 0.335 e. The van der Waals surface area contributed by atoms with Crippen LogP contribution < -0.4 is 43.3 Å². The first kappa shape index (κ1) is 101. The molecule has 10 rings (SSSR count). The van der Waals surface area contributed by atoms with Gasteiger partial charge in [-0.05, 0) is 131 Å². The third kappa shape index (κ3) is 28.8. The van der Waals surface area contributed by atoms with Gasteiger partial charge < -0.3 is 80.0 Å². The van der Waals surface area contributed by atoms with Gasteiger partial charge in [-0.3, -0.25) is 47.9 Å². The minimum absolute atomic E-state index is 0. The van der Waals surface area contributed by atoms with Gasteiger partial charge in [0, 0.05) is 125 Å².